The molecule has 0 radical (unpaired) electrons. The molecule has 0 aliphatic rings. The maximum atomic E-state index is 11.0. The summed E-state index contributed by atoms with van der Waals surface area (Å²) in [6.07, 6.45) is -0.200. The number of primary amides is 1. The normalized spacial score (nSPS) is 9.82. The lowest BCUT2D eigenvalue weighted by Gasteiger charge is -2.20. The average molecular weight is 158 g/mol. The second-order valence-corrected chi connectivity index (χ2v) is 2.74. The number of carbonyl (C=O) groups is 2. The van der Waals surface area contributed by atoms with Gasteiger partial charge in [0, 0.05) is 13.1 Å². The zero-order valence-electron chi connectivity index (χ0n) is 7.13. The molecule has 0 unspecified atom stereocenters. The number of nitrogens with zero attached hydrogens (tertiary/aromatic N) is 1. The average Bonchev–Trinajstić information content (AvgIpc) is 1.84. The molecule has 0 rings (SSSR count). The molecular weight excluding hydrogens is 144 g/mol. The first kappa shape index (κ1) is 9.94. The Balaban J connectivity index is 3.93. The fraction of sp³-hybridized carbons (Fsp3) is 0.714. The van der Waals surface area contributed by atoms with E-state index in [2.05, 4.69) is 0 Å². The maximum absolute atomic E-state index is 11.0. The van der Waals surface area contributed by atoms with E-state index in [4.69, 9.17) is 5.73 Å². The van der Waals surface area contributed by atoms with Crippen molar-refractivity contribution < 1.29 is 9.59 Å². The Kier molecular flexibility index (Phi) is 3.57. The molecule has 0 aromatic heterocycles. The summed E-state index contributed by atoms with van der Waals surface area (Å²) < 4.78 is 0. The monoisotopic (exact) mass is 158 g/mol. The van der Waals surface area contributed by atoms with E-state index in [1.54, 1.807) is 7.05 Å². The van der Waals surface area contributed by atoms with Crippen molar-refractivity contribution in [2.24, 2.45) is 5.73 Å². The van der Waals surface area contributed by atoms with Crippen LogP contribution in [0.3, 0.4) is 0 Å². The lowest BCUT2D eigenvalue weighted by Crippen LogP contribution is -2.35. The van der Waals surface area contributed by atoms with E-state index in [9.17, 15) is 9.59 Å². The Bertz CT molecular complexity index is 166. The highest BCUT2D eigenvalue weighted by Gasteiger charge is 2.13. The Hall–Kier alpha value is -1.06. The summed E-state index contributed by atoms with van der Waals surface area (Å²) >= 11 is 0. The van der Waals surface area contributed by atoms with Crippen LogP contribution in [-0.2, 0) is 9.59 Å². The van der Waals surface area contributed by atoms with Gasteiger partial charge in [-0.05, 0) is 13.8 Å². The second-order valence-electron chi connectivity index (χ2n) is 2.74. The van der Waals surface area contributed by atoms with E-state index in [-0.39, 0.29) is 18.4 Å². The minimum absolute atomic E-state index is 0.113. The van der Waals surface area contributed by atoms with Gasteiger partial charge in [-0.15, -0.1) is 0 Å². The molecule has 0 saturated carbocycles. The molecule has 2 N–H and O–H groups in total. The molecule has 64 valence electrons. The molecule has 0 fully saturated rings. The highest BCUT2D eigenvalue weighted by Crippen LogP contribution is 1.96. The van der Waals surface area contributed by atoms with Crippen LogP contribution in [0.1, 0.15) is 20.3 Å². The van der Waals surface area contributed by atoms with Crippen LogP contribution in [0.25, 0.3) is 0 Å². The third-order valence-corrected chi connectivity index (χ3v) is 1.49. The van der Waals surface area contributed by atoms with Crippen LogP contribution in [-0.4, -0.2) is 29.8 Å². The molecule has 0 aromatic rings. The molecule has 0 atom stereocenters. The summed E-state index contributed by atoms with van der Waals surface area (Å²) in [6, 6.07) is 0.113. The predicted octanol–water partition coefficient (Wildman–Crippen LogP) is -0.271. The quantitative estimate of drug-likeness (QED) is 0.574. The molecule has 0 heterocycles. The summed E-state index contributed by atoms with van der Waals surface area (Å²) in [7, 11) is 1.65. The van der Waals surface area contributed by atoms with Crippen LogP contribution in [0.4, 0.5) is 0 Å². The SMILES string of the molecule is CC(C)N(C)C(=O)CC(N)=O. The fourth-order valence-electron chi connectivity index (χ4n) is 0.562. The van der Waals surface area contributed by atoms with Crippen LogP contribution in [0, 0.1) is 0 Å². The van der Waals surface area contributed by atoms with Crippen molar-refractivity contribution in [2.45, 2.75) is 26.3 Å². The van der Waals surface area contributed by atoms with E-state index in [1.165, 1.54) is 4.90 Å². The molecule has 2 amide bonds. The Morgan fingerprint density at radius 2 is 1.91 bits per heavy atom. The minimum Gasteiger partial charge on any atom is -0.369 e. The van der Waals surface area contributed by atoms with Crippen LogP contribution in [0.2, 0.25) is 0 Å². The van der Waals surface area contributed by atoms with Gasteiger partial charge in [-0.2, -0.15) is 0 Å². The third-order valence-electron chi connectivity index (χ3n) is 1.49. The fourth-order valence-corrected chi connectivity index (χ4v) is 0.562. The van der Waals surface area contributed by atoms with Crippen LogP contribution in [0.15, 0.2) is 0 Å². The molecular formula is C7H14N2O2. The van der Waals surface area contributed by atoms with Gasteiger partial charge in [-0.25, -0.2) is 0 Å². The van der Waals surface area contributed by atoms with Crippen LogP contribution in [0.5, 0.6) is 0 Å². The van der Waals surface area contributed by atoms with Crippen molar-refractivity contribution in [3.63, 3.8) is 0 Å². The van der Waals surface area contributed by atoms with Gasteiger partial charge in [0.2, 0.25) is 11.8 Å². The van der Waals surface area contributed by atoms with Crippen molar-refractivity contribution in [3.8, 4) is 0 Å². The molecule has 0 aliphatic carbocycles. The van der Waals surface area contributed by atoms with Crippen molar-refractivity contribution in [2.75, 3.05) is 7.05 Å². The zero-order valence-corrected chi connectivity index (χ0v) is 7.13. The largest absolute Gasteiger partial charge is 0.369 e. The number of nitrogens with two attached hydrogens (primary N) is 1. The first-order valence-electron chi connectivity index (χ1n) is 3.49. The van der Waals surface area contributed by atoms with Gasteiger partial charge in [-0.3, -0.25) is 9.59 Å². The maximum Gasteiger partial charge on any atom is 0.231 e. The number of hydrogen-bond acceptors (Lipinski definition) is 2. The molecule has 0 aromatic carbocycles. The summed E-state index contributed by atoms with van der Waals surface area (Å²) in [5, 5.41) is 0. The predicted molar refractivity (Wildman–Crippen MR) is 41.7 cm³/mol. The van der Waals surface area contributed by atoms with E-state index in [0.717, 1.165) is 0 Å². The van der Waals surface area contributed by atoms with Crippen molar-refractivity contribution >= 4 is 11.8 Å². The smallest absolute Gasteiger partial charge is 0.231 e. The number of carbonyl (C=O) groups excluding carboxylic acids is 2. The lowest BCUT2D eigenvalue weighted by molar-refractivity contribution is -0.135. The molecule has 0 aliphatic heterocycles. The van der Waals surface area contributed by atoms with Gasteiger partial charge >= 0.3 is 0 Å². The Morgan fingerprint density at radius 3 is 2.18 bits per heavy atom. The van der Waals surface area contributed by atoms with E-state index < -0.39 is 5.91 Å². The lowest BCUT2D eigenvalue weighted by atomic mass is 10.3. The molecule has 4 heteroatoms. The van der Waals surface area contributed by atoms with Gasteiger partial charge in [0.25, 0.3) is 0 Å². The first-order valence-corrected chi connectivity index (χ1v) is 3.49. The number of hydrogen-bond donors (Lipinski definition) is 1. The van der Waals surface area contributed by atoms with Gasteiger partial charge < -0.3 is 10.6 Å². The highest BCUT2D eigenvalue weighted by molar-refractivity contribution is 5.96. The summed E-state index contributed by atoms with van der Waals surface area (Å²) in [5.41, 5.74) is 4.84. The second kappa shape index (κ2) is 3.95. The van der Waals surface area contributed by atoms with E-state index in [1.807, 2.05) is 13.8 Å². The van der Waals surface area contributed by atoms with E-state index >= 15 is 0 Å². The molecule has 11 heavy (non-hydrogen) atoms. The van der Waals surface area contributed by atoms with Gasteiger partial charge in [0.05, 0.1) is 0 Å². The summed E-state index contributed by atoms with van der Waals surface area (Å²) in [5.74, 6) is -0.810. The first-order chi connectivity index (χ1) is 4.95. The Morgan fingerprint density at radius 1 is 1.45 bits per heavy atom. The molecule has 0 spiro atoms. The van der Waals surface area contributed by atoms with Crippen LogP contribution >= 0.6 is 0 Å². The molecule has 0 bridgehead atoms. The highest BCUT2D eigenvalue weighted by atomic mass is 16.2. The minimum atomic E-state index is -0.581. The van der Waals surface area contributed by atoms with Crippen molar-refractivity contribution in [1.29, 1.82) is 0 Å². The van der Waals surface area contributed by atoms with Crippen LogP contribution < -0.4 is 5.73 Å². The molecule has 0 saturated heterocycles. The number of rotatable bonds is 3. The standard InChI is InChI=1S/C7H14N2O2/c1-5(2)9(3)7(11)4-6(8)10/h5H,4H2,1-3H3,(H2,8,10). The number of amides is 2. The van der Waals surface area contributed by atoms with Gasteiger partial charge in [-0.1, -0.05) is 0 Å². The zero-order chi connectivity index (χ0) is 9.02. The third kappa shape index (κ3) is 3.60. The van der Waals surface area contributed by atoms with Crippen molar-refractivity contribution in [3.05, 3.63) is 0 Å². The van der Waals surface area contributed by atoms with Gasteiger partial charge in [0.15, 0.2) is 0 Å². The summed E-state index contributed by atoms with van der Waals surface area (Å²) in [6.45, 7) is 3.75. The molecule has 4 nitrogen and oxygen atoms in total. The van der Waals surface area contributed by atoms with Crippen molar-refractivity contribution in [1.82, 2.24) is 4.90 Å². The summed E-state index contributed by atoms with van der Waals surface area (Å²) in [4.78, 5) is 22.8. The topological polar surface area (TPSA) is 63.4 Å². The Labute approximate surface area is 66.4 Å². The van der Waals surface area contributed by atoms with Gasteiger partial charge in [0.1, 0.15) is 6.42 Å². The van der Waals surface area contributed by atoms with E-state index in [0.29, 0.717) is 0 Å².